The highest BCUT2D eigenvalue weighted by Gasteiger charge is 2.27. The number of aldehydes is 1. The molecule has 2 N–H and O–H groups in total. The summed E-state index contributed by atoms with van der Waals surface area (Å²) in [6, 6.07) is 11.4. The molecule has 0 bridgehead atoms. The average molecular weight is 324 g/mol. The average Bonchev–Trinajstić information content (AvgIpc) is 3.45. The Labute approximate surface area is 140 Å². The van der Waals surface area contributed by atoms with Crippen molar-refractivity contribution in [3.05, 3.63) is 47.8 Å². The number of benzene rings is 1. The molecule has 6 heteroatoms. The molecule has 0 radical (unpaired) electrons. The van der Waals surface area contributed by atoms with Gasteiger partial charge in [0.05, 0.1) is 11.4 Å². The van der Waals surface area contributed by atoms with E-state index in [1.54, 1.807) is 13.0 Å². The van der Waals surface area contributed by atoms with Gasteiger partial charge < -0.3 is 10.1 Å². The van der Waals surface area contributed by atoms with E-state index in [-0.39, 0.29) is 5.71 Å². The largest absolute Gasteiger partial charge is 0.365 e. The molecule has 1 aromatic carbocycles. The Hall–Kier alpha value is -2.60. The predicted octanol–water partition coefficient (Wildman–Crippen LogP) is 3.07. The number of nitrogens with zero attached hydrogens (tertiary/aromatic N) is 2. The van der Waals surface area contributed by atoms with Crippen LogP contribution in [0.1, 0.15) is 37.1 Å². The van der Waals surface area contributed by atoms with Gasteiger partial charge in [0.1, 0.15) is 0 Å². The minimum absolute atomic E-state index is 0.0623. The number of aromatic nitrogens is 2. The second-order valence-electron chi connectivity index (χ2n) is 5.69. The van der Waals surface area contributed by atoms with Crippen LogP contribution in [0.25, 0.3) is 0 Å². The Balaban J connectivity index is 1.91. The lowest BCUT2D eigenvalue weighted by Crippen LogP contribution is -2.27. The van der Waals surface area contributed by atoms with Crippen LogP contribution in [-0.4, -0.2) is 34.7 Å². The maximum atomic E-state index is 11.2. The first-order chi connectivity index (χ1) is 11.7. The molecule has 24 heavy (non-hydrogen) atoms. The predicted molar refractivity (Wildman–Crippen MR) is 92.0 cm³/mol. The Morgan fingerprint density at radius 1 is 1.38 bits per heavy atom. The number of carbonyl (C=O) groups is 1. The highest BCUT2D eigenvalue weighted by atomic mass is 16.5. The van der Waals surface area contributed by atoms with Crippen LogP contribution in [0.4, 0.5) is 11.6 Å². The molecule has 2 aromatic rings. The van der Waals surface area contributed by atoms with Gasteiger partial charge in [-0.15, -0.1) is 0 Å². The van der Waals surface area contributed by atoms with Gasteiger partial charge in [-0.2, -0.15) is 0 Å². The number of nitrogens with one attached hydrogen (secondary N) is 2. The molecule has 1 unspecified atom stereocenters. The van der Waals surface area contributed by atoms with E-state index in [9.17, 15) is 4.79 Å². The summed E-state index contributed by atoms with van der Waals surface area (Å²) in [4.78, 5) is 20.2. The van der Waals surface area contributed by atoms with Crippen molar-refractivity contribution in [3.63, 3.8) is 0 Å². The molecule has 1 fully saturated rings. The topological polar surface area (TPSA) is 88.0 Å². The maximum Gasteiger partial charge on any atom is 0.228 e. The molecule has 0 spiro atoms. The quantitative estimate of drug-likeness (QED) is 0.575. The van der Waals surface area contributed by atoms with Crippen LogP contribution in [0, 0.1) is 5.41 Å². The van der Waals surface area contributed by atoms with E-state index in [1.165, 1.54) is 0 Å². The summed E-state index contributed by atoms with van der Waals surface area (Å²) in [6.07, 6.45) is 1.92. The Morgan fingerprint density at radius 2 is 2.12 bits per heavy atom. The van der Waals surface area contributed by atoms with Gasteiger partial charge in [-0.05, 0) is 38.0 Å². The van der Waals surface area contributed by atoms with Crippen LogP contribution in [0.5, 0.6) is 0 Å². The molecule has 124 valence electrons. The van der Waals surface area contributed by atoms with Crippen molar-refractivity contribution in [2.24, 2.45) is 0 Å². The summed E-state index contributed by atoms with van der Waals surface area (Å²) in [5.41, 5.74) is 2.27. The molecule has 1 aromatic heterocycles. The zero-order chi connectivity index (χ0) is 16.9. The molecule has 6 nitrogen and oxygen atoms in total. The third-order valence-electron chi connectivity index (χ3n) is 3.80. The number of ether oxygens (including phenoxy) is 1. The molecular weight excluding hydrogens is 304 g/mol. The SMILES string of the molecule is CCOC(C=O)C(=N)c1cc(C2CC2)nc(Nc2ccccc2)n1. The van der Waals surface area contributed by atoms with Crippen LogP contribution >= 0.6 is 0 Å². The van der Waals surface area contributed by atoms with Crippen LogP contribution in [-0.2, 0) is 9.53 Å². The number of carbonyl (C=O) groups excluding carboxylic acids is 1. The number of hydrogen-bond acceptors (Lipinski definition) is 6. The van der Waals surface area contributed by atoms with E-state index in [2.05, 4.69) is 15.3 Å². The lowest BCUT2D eigenvalue weighted by molar-refractivity contribution is -0.114. The molecule has 1 saturated carbocycles. The zero-order valence-electron chi connectivity index (χ0n) is 13.5. The lowest BCUT2D eigenvalue weighted by Gasteiger charge is -2.14. The van der Waals surface area contributed by atoms with Crippen LogP contribution in [0.3, 0.4) is 0 Å². The maximum absolute atomic E-state index is 11.2. The van der Waals surface area contributed by atoms with E-state index in [1.807, 2.05) is 30.3 Å². The first-order valence-corrected chi connectivity index (χ1v) is 8.08. The summed E-state index contributed by atoms with van der Waals surface area (Å²) < 4.78 is 5.31. The standard InChI is InChI=1S/C18H20N4O2/c1-2-24-16(11-23)17(19)15-10-14(12-8-9-12)21-18(22-15)20-13-6-4-3-5-7-13/h3-7,10-12,16,19H,2,8-9H2,1H3,(H,20,21,22). The summed E-state index contributed by atoms with van der Waals surface area (Å²) in [5.74, 6) is 0.851. The smallest absolute Gasteiger partial charge is 0.228 e. The van der Waals surface area contributed by atoms with E-state index < -0.39 is 6.10 Å². The fourth-order valence-corrected chi connectivity index (χ4v) is 2.41. The minimum Gasteiger partial charge on any atom is -0.365 e. The molecule has 0 amide bonds. The molecule has 1 heterocycles. The first kappa shape index (κ1) is 16.3. The highest BCUT2D eigenvalue weighted by Crippen LogP contribution is 2.39. The molecule has 0 saturated heterocycles. The normalized spacial score (nSPS) is 14.9. The van der Waals surface area contributed by atoms with Gasteiger partial charge in [0.15, 0.2) is 12.4 Å². The molecule has 1 aliphatic carbocycles. The van der Waals surface area contributed by atoms with E-state index in [4.69, 9.17) is 10.1 Å². The Kier molecular flexibility index (Phi) is 4.96. The van der Waals surface area contributed by atoms with Gasteiger partial charge in [-0.1, -0.05) is 18.2 Å². The summed E-state index contributed by atoms with van der Waals surface area (Å²) in [7, 11) is 0. The summed E-state index contributed by atoms with van der Waals surface area (Å²) in [5, 5.41) is 11.4. The Bertz CT molecular complexity index is 729. The van der Waals surface area contributed by atoms with Crippen molar-refractivity contribution in [2.75, 3.05) is 11.9 Å². The summed E-state index contributed by atoms with van der Waals surface area (Å²) >= 11 is 0. The zero-order valence-corrected chi connectivity index (χ0v) is 13.5. The summed E-state index contributed by atoms with van der Waals surface area (Å²) in [6.45, 7) is 2.16. The van der Waals surface area contributed by atoms with Gasteiger partial charge >= 0.3 is 0 Å². The third kappa shape index (κ3) is 3.83. The molecule has 3 rings (SSSR count). The number of para-hydroxylation sites is 1. The number of anilines is 2. The first-order valence-electron chi connectivity index (χ1n) is 8.08. The van der Waals surface area contributed by atoms with Gasteiger partial charge in [0.2, 0.25) is 5.95 Å². The minimum atomic E-state index is -0.901. The van der Waals surface area contributed by atoms with Crippen molar-refractivity contribution in [2.45, 2.75) is 31.8 Å². The monoisotopic (exact) mass is 324 g/mol. The van der Waals surface area contributed by atoms with Crippen molar-refractivity contribution in [1.29, 1.82) is 5.41 Å². The fraction of sp³-hybridized carbons (Fsp3) is 0.333. The van der Waals surface area contributed by atoms with Crippen molar-refractivity contribution < 1.29 is 9.53 Å². The van der Waals surface area contributed by atoms with E-state index in [0.717, 1.165) is 24.2 Å². The second kappa shape index (κ2) is 7.31. The van der Waals surface area contributed by atoms with Gasteiger partial charge in [0.25, 0.3) is 0 Å². The molecule has 1 aliphatic rings. The fourth-order valence-electron chi connectivity index (χ4n) is 2.41. The molecular formula is C18H20N4O2. The van der Waals surface area contributed by atoms with Crippen molar-refractivity contribution in [3.8, 4) is 0 Å². The van der Waals surface area contributed by atoms with Crippen LogP contribution in [0.2, 0.25) is 0 Å². The van der Waals surface area contributed by atoms with Crippen LogP contribution < -0.4 is 5.32 Å². The second-order valence-corrected chi connectivity index (χ2v) is 5.69. The number of rotatable bonds is 8. The van der Waals surface area contributed by atoms with Crippen LogP contribution in [0.15, 0.2) is 36.4 Å². The highest BCUT2D eigenvalue weighted by molar-refractivity contribution is 6.08. The van der Waals surface area contributed by atoms with Crippen molar-refractivity contribution in [1.82, 2.24) is 9.97 Å². The molecule has 1 atom stereocenters. The van der Waals surface area contributed by atoms with E-state index in [0.29, 0.717) is 30.5 Å². The van der Waals surface area contributed by atoms with E-state index >= 15 is 0 Å². The van der Waals surface area contributed by atoms with Gasteiger partial charge in [0, 0.05) is 23.9 Å². The van der Waals surface area contributed by atoms with Crippen molar-refractivity contribution >= 4 is 23.6 Å². The lowest BCUT2D eigenvalue weighted by atomic mass is 10.1. The molecule has 0 aliphatic heterocycles. The van der Waals surface area contributed by atoms with Gasteiger partial charge in [-0.3, -0.25) is 10.2 Å². The third-order valence-corrected chi connectivity index (χ3v) is 3.80. The number of hydrogen-bond donors (Lipinski definition) is 2. The Morgan fingerprint density at radius 3 is 2.75 bits per heavy atom. The van der Waals surface area contributed by atoms with Gasteiger partial charge in [-0.25, -0.2) is 9.97 Å².